The van der Waals surface area contributed by atoms with Gasteiger partial charge in [0, 0.05) is 25.2 Å². The predicted octanol–water partition coefficient (Wildman–Crippen LogP) is 1.25. The number of carbonyl (C=O) groups excluding carboxylic acids is 1. The van der Waals surface area contributed by atoms with Crippen LogP contribution in [0.1, 0.15) is 13.8 Å². The zero-order chi connectivity index (χ0) is 17.8. The molecule has 2 atom stereocenters. The molecule has 0 spiro atoms. The minimum atomic E-state index is -0.263. The van der Waals surface area contributed by atoms with Gasteiger partial charge < -0.3 is 14.4 Å². The van der Waals surface area contributed by atoms with Crippen LogP contribution < -0.4 is 10.3 Å². The van der Waals surface area contributed by atoms with Gasteiger partial charge in [0.25, 0.3) is 11.5 Å². The van der Waals surface area contributed by atoms with E-state index < -0.39 is 0 Å². The Bertz CT molecular complexity index is 780. The summed E-state index contributed by atoms with van der Waals surface area (Å²) in [5, 5.41) is 4.18. The fraction of sp³-hybridized carbons (Fsp3) is 0.389. The van der Waals surface area contributed by atoms with Gasteiger partial charge in [-0.1, -0.05) is 18.2 Å². The maximum absolute atomic E-state index is 12.3. The SMILES string of the molecule is C[C@@H]1CN(C(=O)COc2ccc(=O)n(-c3ccccc3)n2)C[C@H](C)O1. The third kappa shape index (κ3) is 4.24. The maximum Gasteiger partial charge on any atom is 0.271 e. The number of para-hydroxylation sites is 1. The average molecular weight is 343 g/mol. The Morgan fingerprint density at radius 2 is 1.84 bits per heavy atom. The van der Waals surface area contributed by atoms with Crippen molar-refractivity contribution in [3.8, 4) is 11.6 Å². The third-order valence-electron chi connectivity index (χ3n) is 3.89. The van der Waals surface area contributed by atoms with Crippen LogP contribution in [0.5, 0.6) is 5.88 Å². The first-order valence-corrected chi connectivity index (χ1v) is 8.25. The van der Waals surface area contributed by atoms with Crippen molar-refractivity contribution < 1.29 is 14.3 Å². The summed E-state index contributed by atoms with van der Waals surface area (Å²) in [5.41, 5.74) is 0.376. The molecule has 1 aliphatic heterocycles. The topological polar surface area (TPSA) is 73.7 Å². The second kappa shape index (κ2) is 7.48. The van der Waals surface area contributed by atoms with E-state index >= 15 is 0 Å². The molecule has 0 unspecified atom stereocenters. The van der Waals surface area contributed by atoms with Crippen molar-refractivity contribution >= 4 is 5.91 Å². The Hall–Kier alpha value is -2.67. The van der Waals surface area contributed by atoms with E-state index in [1.165, 1.54) is 16.8 Å². The maximum atomic E-state index is 12.3. The molecule has 1 aromatic heterocycles. The largest absolute Gasteiger partial charge is 0.467 e. The summed E-state index contributed by atoms with van der Waals surface area (Å²) in [7, 11) is 0. The third-order valence-corrected chi connectivity index (χ3v) is 3.89. The van der Waals surface area contributed by atoms with Gasteiger partial charge in [-0.05, 0) is 26.0 Å². The molecule has 1 saturated heterocycles. The molecule has 2 aromatic rings. The van der Waals surface area contributed by atoms with E-state index in [-0.39, 0.29) is 36.2 Å². The van der Waals surface area contributed by atoms with Crippen molar-refractivity contribution in [3.63, 3.8) is 0 Å². The molecule has 7 heteroatoms. The van der Waals surface area contributed by atoms with E-state index in [9.17, 15) is 9.59 Å². The quantitative estimate of drug-likeness (QED) is 0.835. The highest BCUT2D eigenvalue weighted by atomic mass is 16.5. The smallest absolute Gasteiger partial charge is 0.271 e. The van der Waals surface area contributed by atoms with Crippen molar-refractivity contribution in [2.75, 3.05) is 19.7 Å². The number of hydrogen-bond acceptors (Lipinski definition) is 5. The number of hydrogen-bond donors (Lipinski definition) is 0. The van der Waals surface area contributed by atoms with Crippen molar-refractivity contribution in [3.05, 3.63) is 52.8 Å². The van der Waals surface area contributed by atoms with Crippen LogP contribution in [0, 0.1) is 0 Å². The van der Waals surface area contributed by atoms with Crippen LogP contribution in [0.25, 0.3) is 5.69 Å². The van der Waals surface area contributed by atoms with Crippen LogP contribution in [0.3, 0.4) is 0 Å². The lowest BCUT2D eigenvalue weighted by Crippen LogP contribution is -2.49. The second-order valence-corrected chi connectivity index (χ2v) is 6.10. The normalized spacial score (nSPS) is 20.3. The van der Waals surface area contributed by atoms with Gasteiger partial charge in [0.2, 0.25) is 5.88 Å². The van der Waals surface area contributed by atoms with Crippen LogP contribution in [0.4, 0.5) is 0 Å². The van der Waals surface area contributed by atoms with Crippen molar-refractivity contribution in [2.45, 2.75) is 26.1 Å². The molecular formula is C18H21N3O4. The van der Waals surface area contributed by atoms with Gasteiger partial charge in [-0.3, -0.25) is 9.59 Å². The fourth-order valence-electron chi connectivity index (χ4n) is 2.83. The molecule has 0 bridgehead atoms. The lowest BCUT2D eigenvalue weighted by Gasteiger charge is -2.35. The summed E-state index contributed by atoms with van der Waals surface area (Å²) < 4.78 is 12.4. The van der Waals surface area contributed by atoms with Crippen LogP contribution in [0.15, 0.2) is 47.3 Å². The Balaban J connectivity index is 1.67. The molecule has 1 aromatic carbocycles. The Morgan fingerprint density at radius 1 is 1.16 bits per heavy atom. The lowest BCUT2D eigenvalue weighted by atomic mass is 10.2. The summed E-state index contributed by atoms with van der Waals surface area (Å²) in [5.74, 6) is 0.104. The van der Waals surface area contributed by atoms with Crippen molar-refractivity contribution in [1.29, 1.82) is 0 Å². The molecule has 0 radical (unpaired) electrons. The van der Waals surface area contributed by atoms with E-state index in [4.69, 9.17) is 9.47 Å². The summed E-state index contributed by atoms with van der Waals surface area (Å²) in [4.78, 5) is 26.0. The highest BCUT2D eigenvalue weighted by molar-refractivity contribution is 5.77. The standard InChI is InChI=1S/C18H21N3O4/c1-13-10-20(11-14(2)25-13)18(23)12-24-16-8-9-17(22)21(19-16)15-6-4-3-5-7-15/h3-9,13-14H,10-12H2,1-2H3/t13-,14+. The van der Waals surface area contributed by atoms with Crippen molar-refractivity contribution in [1.82, 2.24) is 14.7 Å². The highest BCUT2D eigenvalue weighted by Crippen LogP contribution is 2.12. The average Bonchev–Trinajstić information content (AvgIpc) is 2.60. The van der Waals surface area contributed by atoms with Gasteiger partial charge in [-0.2, -0.15) is 4.68 Å². The lowest BCUT2D eigenvalue weighted by molar-refractivity contribution is -0.145. The number of morpholine rings is 1. The van der Waals surface area contributed by atoms with Gasteiger partial charge in [-0.15, -0.1) is 5.10 Å². The van der Waals surface area contributed by atoms with Crippen LogP contribution in [0.2, 0.25) is 0 Å². The van der Waals surface area contributed by atoms with E-state index in [2.05, 4.69) is 5.10 Å². The molecular weight excluding hydrogens is 322 g/mol. The van der Waals surface area contributed by atoms with Crippen molar-refractivity contribution in [2.24, 2.45) is 0 Å². The predicted molar refractivity (Wildman–Crippen MR) is 91.9 cm³/mol. The van der Waals surface area contributed by atoms with E-state index in [1.54, 1.807) is 17.0 Å². The highest BCUT2D eigenvalue weighted by Gasteiger charge is 2.26. The first-order valence-electron chi connectivity index (χ1n) is 8.25. The molecule has 1 aliphatic rings. The minimum Gasteiger partial charge on any atom is -0.467 e. The molecule has 2 heterocycles. The Kier molecular flexibility index (Phi) is 5.14. The van der Waals surface area contributed by atoms with Crippen LogP contribution in [-0.4, -0.2) is 52.5 Å². The van der Waals surface area contributed by atoms with Gasteiger partial charge in [0.05, 0.1) is 17.9 Å². The second-order valence-electron chi connectivity index (χ2n) is 6.10. The van der Waals surface area contributed by atoms with E-state index in [0.29, 0.717) is 18.8 Å². The summed E-state index contributed by atoms with van der Waals surface area (Å²) in [6.07, 6.45) is 0.0108. The fourth-order valence-corrected chi connectivity index (χ4v) is 2.83. The van der Waals surface area contributed by atoms with Crippen LogP contribution in [-0.2, 0) is 9.53 Å². The van der Waals surface area contributed by atoms with Gasteiger partial charge in [0.1, 0.15) is 0 Å². The number of benzene rings is 1. The summed E-state index contributed by atoms with van der Waals surface area (Å²) in [6.45, 7) is 4.84. The Labute approximate surface area is 145 Å². The number of ether oxygens (including phenoxy) is 2. The first kappa shape index (κ1) is 17.2. The Morgan fingerprint density at radius 3 is 2.52 bits per heavy atom. The number of amides is 1. The zero-order valence-electron chi connectivity index (χ0n) is 14.3. The van der Waals surface area contributed by atoms with Gasteiger partial charge in [0.15, 0.2) is 6.61 Å². The molecule has 1 fully saturated rings. The molecule has 0 N–H and O–H groups in total. The number of rotatable bonds is 4. The van der Waals surface area contributed by atoms with E-state index in [0.717, 1.165) is 0 Å². The molecule has 0 saturated carbocycles. The van der Waals surface area contributed by atoms with Crippen LogP contribution >= 0.6 is 0 Å². The monoisotopic (exact) mass is 343 g/mol. The molecule has 7 nitrogen and oxygen atoms in total. The number of nitrogens with zero attached hydrogens (tertiary/aromatic N) is 3. The first-order chi connectivity index (χ1) is 12.0. The van der Waals surface area contributed by atoms with Gasteiger partial charge in [-0.25, -0.2) is 0 Å². The minimum absolute atomic E-state index is 0.00538. The molecule has 132 valence electrons. The summed E-state index contributed by atoms with van der Waals surface area (Å²) in [6, 6.07) is 11.9. The van der Waals surface area contributed by atoms with E-state index in [1.807, 2.05) is 32.0 Å². The number of aromatic nitrogens is 2. The molecule has 25 heavy (non-hydrogen) atoms. The molecule has 0 aliphatic carbocycles. The zero-order valence-corrected chi connectivity index (χ0v) is 14.3. The number of carbonyl (C=O) groups is 1. The summed E-state index contributed by atoms with van der Waals surface area (Å²) >= 11 is 0. The van der Waals surface area contributed by atoms with Gasteiger partial charge >= 0.3 is 0 Å². The molecule has 3 rings (SSSR count). The molecule has 1 amide bonds.